The van der Waals surface area contributed by atoms with Crippen molar-refractivity contribution in [3.63, 3.8) is 0 Å². The highest BCUT2D eigenvalue weighted by Crippen LogP contribution is 2.26. The maximum Gasteiger partial charge on any atom is 0.255 e. The van der Waals surface area contributed by atoms with Crippen molar-refractivity contribution in [2.24, 2.45) is 0 Å². The second-order valence-electron chi connectivity index (χ2n) is 5.71. The molecule has 0 aliphatic carbocycles. The smallest absolute Gasteiger partial charge is 0.255 e. The van der Waals surface area contributed by atoms with Gasteiger partial charge in [0, 0.05) is 43.2 Å². The van der Waals surface area contributed by atoms with E-state index in [4.69, 9.17) is 4.74 Å². The van der Waals surface area contributed by atoms with E-state index in [1.54, 1.807) is 31.6 Å². The lowest BCUT2D eigenvalue weighted by Crippen LogP contribution is -2.39. The Kier molecular flexibility index (Phi) is 4.50. The van der Waals surface area contributed by atoms with Crippen LogP contribution in [0.15, 0.2) is 30.6 Å². The van der Waals surface area contributed by atoms with Crippen LogP contribution in [-0.2, 0) is 0 Å². The number of rotatable bonds is 3. The molecule has 1 fully saturated rings. The molecular weight excluding hydrogens is 292 g/mol. The van der Waals surface area contributed by atoms with Gasteiger partial charge in [-0.2, -0.15) is 0 Å². The van der Waals surface area contributed by atoms with Gasteiger partial charge in [0.1, 0.15) is 5.82 Å². The van der Waals surface area contributed by atoms with E-state index in [0.29, 0.717) is 18.0 Å². The average Bonchev–Trinajstić information content (AvgIpc) is 2.61. The third-order valence-electron chi connectivity index (χ3n) is 4.12. The number of carbonyl (C=O) groups is 1. The van der Waals surface area contributed by atoms with Gasteiger partial charge in [-0.05, 0) is 31.9 Å². The van der Waals surface area contributed by atoms with Gasteiger partial charge in [0.05, 0.1) is 12.7 Å². The standard InChI is InChI=1S/C17H20N4O2/c1-12-18-8-7-15(20-12)14-4-3-9-21(11-14)17(22)13-5-6-16(23-2)19-10-13/h5-8,10,14H,3-4,9,11H2,1-2H3/t14-/m1/s1. The summed E-state index contributed by atoms with van der Waals surface area (Å²) >= 11 is 0. The lowest BCUT2D eigenvalue weighted by Gasteiger charge is -2.32. The summed E-state index contributed by atoms with van der Waals surface area (Å²) in [6.07, 6.45) is 5.37. The van der Waals surface area contributed by atoms with Crippen LogP contribution in [-0.4, -0.2) is 46.0 Å². The second-order valence-corrected chi connectivity index (χ2v) is 5.71. The second kappa shape index (κ2) is 6.73. The third-order valence-corrected chi connectivity index (χ3v) is 4.12. The highest BCUT2D eigenvalue weighted by Gasteiger charge is 2.26. The lowest BCUT2D eigenvalue weighted by atomic mass is 9.94. The zero-order valence-corrected chi connectivity index (χ0v) is 13.4. The summed E-state index contributed by atoms with van der Waals surface area (Å²) in [6.45, 7) is 3.34. The van der Waals surface area contributed by atoms with Crippen LogP contribution < -0.4 is 4.74 Å². The summed E-state index contributed by atoms with van der Waals surface area (Å²) < 4.78 is 5.03. The Balaban J connectivity index is 1.73. The van der Waals surface area contributed by atoms with E-state index in [9.17, 15) is 4.79 Å². The first kappa shape index (κ1) is 15.4. The molecule has 0 aromatic carbocycles. The minimum Gasteiger partial charge on any atom is -0.481 e. The van der Waals surface area contributed by atoms with Crippen molar-refractivity contribution >= 4 is 5.91 Å². The van der Waals surface area contributed by atoms with E-state index in [-0.39, 0.29) is 11.8 Å². The lowest BCUT2D eigenvalue weighted by molar-refractivity contribution is 0.0705. The number of piperidine rings is 1. The summed E-state index contributed by atoms with van der Waals surface area (Å²) in [5.74, 6) is 1.55. The van der Waals surface area contributed by atoms with Gasteiger partial charge in [-0.25, -0.2) is 15.0 Å². The molecule has 2 aromatic rings. The van der Waals surface area contributed by atoms with Gasteiger partial charge in [0.2, 0.25) is 5.88 Å². The van der Waals surface area contributed by atoms with Crippen molar-refractivity contribution < 1.29 is 9.53 Å². The predicted molar refractivity (Wildman–Crippen MR) is 85.4 cm³/mol. The van der Waals surface area contributed by atoms with Crippen molar-refractivity contribution in [3.8, 4) is 5.88 Å². The summed E-state index contributed by atoms with van der Waals surface area (Å²) in [7, 11) is 1.56. The molecule has 0 unspecified atom stereocenters. The molecule has 6 nitrogen and oxygen atoms in total. The number of methoxy groups -OCH3 is 1. The number of amides is 1. The van der Waals surface area contributed by atoms with Gasteiger partial charge in [0.15, 0.2) is 0 Å². The summed E-state index contributed by atoms with van der Waals surface area (Å²) in [4.78, 5) is 27.3. The molecule has 2 aromatic heterocycles. The van der Waals surface area contributed by atoms with Crippen LogP contribution in [0.3, 0.4) is 0 Å². The number of likely N-dealkylation sites (tertiary alicyclic amines) is 1. The van der Waals surface area contributed by atoms with E-state index in [2.05, 4.69) is 15.0 Å². The van der Waals surface area contributed by atoms with Crippen molar-refractivity contribution in [1.82, 2.24) is 19.9 Å². The topological polar surface area (TPSA) is 68.2 Å². The fraction of sp³-hybridized carbons (Fsp3) is 0.412. The van der Waals surface area contributed by atoms with Gasteiger partial charge >= 0.3 is 0 Å². The Morgan fingerprint density at radius 3 is 2.87 bits per heavy atom. The number of nitrogens with zero attached hydrogens (tertiary/aromatic N) is 4. The van der Waals surface area contributed by atoms with Crippen LogP contribution in [0.1, 0.15) is 40.6 Å². The first-order valence-corrected chi connectivity index (χ1v) is 7.76. The number of carbonyl (C=O) groups excluding carboxylic acids is 1. The molecule has 1 atom stereocenters. The monoisotopic (exact) mass is 312 g/mol. The van der Waals surface area contributed by atoms with Gasteiger partial charge in [-0.1, -0.05) is 0 Å². The van der Waals surface area contributed by atoms with E-state index in [1.807, 2.05) is 17.9 Å². The number of aromatic nitrogens is 3. The van der Waals surface area contributed by atoms with Gasteiger partial charge in [-0.15, -0.1) is 0 Å². The maximum absolute atomic E-state index is 12.7. The molecular formula is C17H20N4O2. The van der Waals surface area contributed by atoms with Crippen LogP contribution in [0.4, 0.5) is 0 Å². The van der Waals surface area contributed by atoms with Gasteiger partial charge < -0.3 is 9.64 Å². The molecule has 120 valence electrons. The molecule has 0 bridgehead atoms. The Morgan fingerprint density at radius 2 is 2.17 bits per heavy atom. The fourth-order valence-electron chi connectivity index (χ4n) is 2.91. The van der Waals surface area contributed by atoms with E-state index in [0.717, 1.165) is 30.9 Å². The zero-order valence-electron chi connectivity index (χ0n) is 13.4. The quantitative estimate of drug-likeness (QED) is 0.869. The van der Waals surface area contributed by atoms with Gasteiger partial charge in [-0.3, -0.25) is 4.79 Å². The maximum atomic E-state index is 12.7. The number of ether oxygens (including phenoxy) is 1. The average molecular weight is 312 g/mol. The molecule has 3 heterocycles. The fourth-order valence-corrected chi connectivity index (χ4v) is 2.91. The largest absolute Gasteiger partial charge is 0.481 e. The van der Waals surface area contributed by atoms with Crippen LogP contribution in [0.25, 0.3) is 0 Å². The zero-order chi connectivity index (χ0) is 16.2. The molecule has 23 heavy (non-hydrogen) atoms. The van der Waals surface area contributed by atoms with Crippen LogP contribution in [0, 0.1) is 6.92 Å². The van der Waals surface area contributed by atoms with E-state index >= 15 is 0 Å². The number of pyridine rings is 1. The Bertz CT molecular complexity index is 687. The van der Waals surface area contributed by atoms with E-state index < -0.39 is 0 Å². The first-order valence-electron chi connectivity index (χ1n) is 7.76. The highest BCUT2D eigenvalue weighted by molar-refractivity contribution is 5.94. The van der Waals surface area contributed by atoms with Crippen molar-refractivity contribution in [2.45, 2.75) is 25.7 Å². The number of hydrogen-bond donors (Lipinski definition) is 0. The first-order chi connectivity index (χ1) is 11.2. The van der Waals surface area contributed by atoms with Crippen molar-refractivity contribution in [3.05, 3.63) is 47.7 Å². The number of hydrogen-bond acceptors (Lipinski definition) is 5. The summed E-state index contributed by atoms with van der Waals surface area (Å²) in [5.41, 5.74) is 1.60. The Morgan fingerprint density at radius 1 is 1.30 bits per heavy atom. The molecule has 1 aliphatic heterocycles. The summed E-state index contributed by atoms with van der Waals surface area (Å²) in [6, 6.07) is 5.41. The molecule has 0 radical (unpaired) electrons. The number of aryl methyl sites for hydroxylation is 1. The molecule has 6 heteroatoms. The highest BCUT2D eigenvalue weighted by atomic mass is 16.5. The third kappa shape index (κ3) is 3.47. The molecule has 1 amide bonds. The normalized spacial score (nSPS) is 17.8. The van der Waals surface area contributed by atoms with Crippen molar-refractivity contribution in [2.75, 3.05) is 20.2 Å². The Hall–Kier alpha value is -2.50. The molecule has 3 rings (SSSR count). The minimum atomic E-state index is 0.00984. The Labute approximate surface area is 135 Å². The predicted octanol–water partition coefficient (Wildman–Crippen LogP) is 2.21. The molecule has 0 saturated carbocycles. The molecule has 1 aliphatic rings. The molecule has 0 spiro atoms. The van der Waals surface area contributed by atoms with Crippen LogP contribution in [0.5, 0.6) is 5.88 Å². The molecule has 0 N–H and O–H groups in total. The van der Waals surface area contributed by atoms with Crippen LogP contribution in [0.2, 0.25) is 0 Å². The SMILES string of the molecule is COc1ccc(C(=O)N2CCC[C@@H](c3ccnc(C)n3)C2)cn1. The van der Waals surface area contributed by atoms with Crippen LogP contribution >= 0.6 is 0 Å². The summed E-state index contributed by atoms with van der Waals surface area (Å²) in [5, 5.41) is 0. The molecule has 1 saturated heterocycles. The van der Waals surface area contributed by atoms with E-state index in [1.165, 1.54) is 0 Å². The van der Waals surface area contributed by atoms with Gasteiger partial charge in [0.25, 0.3) is 5.91 Å². The minimum absolute atomic E-state index is 0.00984. The van der Waals surface area contributed by atoms with Crippen molar-refractivity contribution in [1.29, 1.82) is 0 Å².